The van der Waals surface area contributed by atoms with Crippen LogP contribution in [0.4, 0.5) is 9.52 Å². The largest absolute Gasteiger partial charge is 0.309 e. The van der Waals surface area contributed by atoms with E-state index in [1.807, 2.05) is 21.0 Å². The lowest BCUT2D eigenvalue weighted by atomic mass is 9.96. The number of hydrogen-bond donors (Lipinski definition) is 0. The van der Waals surface area contributed by atoms with Crippen molar-refractivity contribution in [3.05, 3.63) is 53.3 Å². The number of sulfonamides is 1. The Morgan fingerprint density at radius 1 is 1.11 bits per heavy atom. The molecule has 1 aromatic heterocycles. The summed E-state index contributed by atoms with van der Waals surface area (Å²) in [6, 6.07) is 9.06. The summed E-state index contributed by atoms with van der Waals surface area (Å²) in [5, 5.41) is 0.698. The first kappa shape index (κ1) is 26.7. The first-order valence-corrected chi connectivity index (χ1v) is 14.4. The van der Waals surface area contributed by atoms with Gasteiger partial charge in [0.15, 0.2) is 5.13 Å². The average Bonchev–Trinajstić information content (AvgIpc) is 3.25. The number of carbonyl (C=O) groups is 1. The Morgan fingerprint density at radius 2 is 1.78 bits per heavy atom. The van der Waals surface area contributed by atoms with Crippen LogP contribution < -0.4 is 4.90 Å². The third kappa shape index (κ3) is 5.77. The molecule has 0 saturated carbocycles. The molecule has 7 nitrogen and oxygen atoms in total. The summed E-state index contributed by atoms with van der Waals surface area (Å²) in [4.78, 5) is 22.5. The Labute approximate surface area is 216 Å². The highest BCUT2D eigenvalue weighted by molar-refractivity contribution is 7.89. The summed E-state index contributed by atoms with van der Waals surface area (Å²) in [5.41, 5.74) is 3.18. The number of rotatable bonds is 8. The first-order chi connectivity index (χ1) is 17.1. The number of benzene rings is 2. The van der Waals surface area contributed by atoms with Gasteiger partial charge in [0.05, 0.1) is 15.1 Å². The summed E-state index contributed by atoms with van der Waals surface area (Å²) in [7, 11) is 0.290. The maximum absolute atomic E-state index is 13.7. The lowest BCUT2D eigenvalue weighted by Crippen LogP contribution is -2.45. The van der Waals surface area contributed by atoms with Gasteiger partial charge in [-0.3, -0.25) is 9.69 Å². The quantitative estimate of drug-likeness (QED) is 0.429. The fourth-order valence-electron chi connectivity index (χ4n) is 4.64. The van der Waals surface area contributed by atoms with Gasteiger partial charge in [0.2, 0.25) is 15.9 Å². The fourth-order valence-corrected chi connectivity index (χ4v) is 7.28. The van der Waals surface area contributed by atoms with Gasteiger partial charge < -0.3 is 4.90 Å². The molecule has 0 bridgehead atoms. The molecule has 194 valence electrons. The number of anilines is 1. The number of amides is 1. The second-order valence-electron chi connectivity index (χ2n) is 9.70. The van der Waals surface area contributed by atoms with Gasteiger partial charge >= 0.3 is 0 Å². The summed E-state index contributed by atoms with van der Waals surface area (Å²) >= 11 is 1.53. The first-order valence-electron chi connectivity index (χ1n) is 12.2. The molecule has 0 aliphatic carbocycles. The Morgan fingerprint density at radius 3 is 2.42 bits per heavy atom. The average molecular weight is 533 g/mol. The van der Waals surface area contributed by atoms with E-state index < -0.39 is 15.8 Å². The van der Waals surface area contributed by atoms with Crippen molar-refractivity contribution in [3.8, 4) is 0 Å². The number of aryl methyl sites for hydroxylation is 2. The Bertz CT molecular complexity index is 1330. The van der Waals surface area contributed by atoms with Crippen LogP contribution in [0, 0.1) is 25.6 Å². The topological polar surface area (TPSA) is 73.8 Å². The summed E-state index contributed by atoms with van der Waals surface area (Å²) in [5.74, 6) is -0.757. The number of aromatic nitrogens is 1. The molecule has 0 radical (unpaired) electrons. The maximum atomic E-state index is 13.7. The van der Waals surface area contributed by atoms with Crippen LogP contribution >= 0.6 is 11.3 Å². The van der Waals surface area contributed by atoms with Gasteiger partial charge in [0.1, 0.15) is 5.82 Å². The number of thiazole rings is 1. The molecule has 2 aromatic carbocycles. The van der Waals surface area contributed by atoms with E-state index in [1.54, 1.807) is 4.90 Å². The van der Waals surface area contributed by atoms with Crippen LogP contribution in [0.15, 0.2) is 41.3 Å². The molecule has 1 amide bonds. The molecule has 1 saturated heterocycles. The highest BCUT2D eigenvalue weighted by Gasteiger charge is 2.35. The van der Waals surface area contributed by atoms with Gasteiger partial charge in [-0.2, -0.15) is 4.31 Å². The van der Waals surface area contributed by atoms with E-state index >= 15 is 0 Å². The summed E-state index contributed by atoms with van der Waals surface area (Å²) in [6.45, 7) is 6.00. The molecule has 36 heavy (non-hydrogen) atoms. The van der Waals surface area contributed by atoms with Crippen LogP contribution in [0.5, 0.6) is 0 Å². The van der Waals surface area contributed by atoms with Gasteiger partial charge in [-0.05, 0) is 95.2 Å². The van der Waals surface area contributed by atoms with E-state index in [1.165, 1.54) is 27.8 Å². The summed E-state index contributed by atoms with van der Waals surface area (Å²) in [6.07, 6.45) is 1.68. The summed E-state index contributed by atoms with van der Waals surface area (Å²) < 4.78 is 41.7. The van der Waals surface area contributed by atoms with Crippen molar-refractivity contribution in [1.82, 2.24) is 14.2 Å². The van der Waals surface area contributed by atoms with Gasteiger partial charge in [0, 0.05) is 25.6 Å². The second kappa shape index (κ2) is 10.9. The number of carbonyl (C=O) groups excluding carboxylic acids is 1. The fraction of sp³-hybridized carbons (Fsp3) is 0.462. The van der Waals surface area contributed by atoms with Crippen LogP contribution in [-0.2, 0) is 14.8 Å². The molecule has 3 aromatic rings. The number of fused-ring (bicyclic) bond motifs is 1. The molecule has 1 aliphatic rings. The zero-order valence-electron chi connectivity index (χ0n) is 21.2. The molecule has 0 unspecified atom stereocenters. The third-order valence-corrected chi connectivity index (χ3v) is 9.50. The van der Waals surface area contributed by atoms with Crippen LogP contribution in [-0.4, -0.2) is 68.8 Å². The van der Waals surface area contributed by atoms with E-state index in [0.29, 0.717) is 24.5 Å². The van der Waals surface area contributed by atoms with Gasteiger partial charge in [-0.25, -0.2) is 17.8 Å². The third-order valence-electron chi connectivity index (χ3n) is 6.56. The number of hydrogen-bond acceptors (Lipinski definition) is 6. The Kier molecular flexibility index (Phi) is 8.09. The van der Waals surface area contributed by atoms with Gasteiger partial charge in [-0.15, -0.1) is 0 Å². The standard InChI is InChI=1S/C26H33FN4O3S2/c1-18-16-19(2)24-23(17-18)35-26(28-24)31(13-5-12-29(3)4)25(32)20-10-14-30(15-11-20)36(33,34)22-8-6-21(27)7-9-22/h6-9,16-17,20H,5,10-15H2,1-4H3. The van der Waals surface area contributed by atoms with Crippen molar-refractivity contribution in [2.24, 2.45) is 5.92 Å². The van der Waals surface area contributed by atoms with Crippen molar-refractivity contribution in [1.29, 1.82) is 0 Å². The van der Waals surface area contributed by atoms with Gasteiger partial charge in [-0.1, -0.05) is 17.4 Å². The molecule has 2 heterocycles. The zero-order valence-corrected chi connectivity index (χ0v) is 22.8. The molecule has 0 atom stereocenters. The molecule has 0 N–H and O–H groups in total. The lowest BCUT2D eigenvalue weighted by Gasteiger charge is -2.33. The van der Waals surface area contributed by atoms with Crippen molar-refractivity contribution < 1.29 is 17.6 Å². The van der Waals surface area contributed by atoms with Crippen LogP contribution in [0.3, 0.4) is 0 Å². The Balaban J connectivity index is 1.52. The maximum Gasteiger partial charge on any atom is 0.243 e. The predicted molar refractivity (Wildman–Crippen MR) is 143 cm³/mol. The minimum atomic E-state index is -3.72. The van der Waals surface area contributed by atoms with E-state index in [-0.39, 0.29) is 29.8 Å². The molecular formula is C26H33FN4O3S2. The molecule has 1 aliphatic heterocycles. The molecule has 4 rings (SSSR count). The smallest absolute Gasteiger partial charge is 0.243 e. The Hall–Kier alpha value is -2.40. The van der Waals surface area contributed by atoms with Crippen molar-refractivity contribution in [3.63, 3.8) is 0 Å². The number of halogens is 1. The molecule has 10 heteroatoms. The van der Waals surface area contributed by atoms with E-state index in [0.717, 1.165) is 46.4 Å². The van der Waals surface area contributed by atoms with Crippen LogP contribution in [0.25, 0.3) is 10.2 Å². The molecular weight excluding hydrogens is 499 g/mol. The molecule has 0 spiro atoms. The van der Waals surface area contributed by atoms with Crippen molar-refractivity contribution in [2.45, 2.75) is 38.0 Å². The van der Waals surface area contributed by atoms with Crippen LogP contribution in [0.2, 0.25) is 0 Å². The second-order valence-corrected chi connectivity index (χ2v) is 12.7. The zero-order chi connectivity index (χ0) is 26.0. The van der Waals surface area contributed by atoms with E-state index in [4.69, 9.17) is 4.98 Å². The minimum Gasteiger partial charge on any atom is -0.309 e. The van der Waals surface area contributed by atoms with Crippen molar-refractivity contribution >= 4 is 42.6 Å². The van der Waals surface area contributed by atoms with Gasteiger partial charge in [0.25, 0.3) is 0 Å². The predicted octanol–water partition coefficient (Wildman–Crippen LogP) is 4.44. The monoisotopic (exact) mass is 532 g/mol. The highest BCUT2D eigenvalue weighted by Crippen LogP contribution is 2.34. The highest BCUT2D eigenvalue weighted by atomic mass is 32.2. The number of nitrogens with zero attached hydrogens (tertiary/aromatic N) is 4. The van der Waals surface area contributed by atoms with Crippen molar-refractivity contribution in [2.75, 3.05) is 45.2 Å². The van der Waals surface area contributed by atoms with E-state index in [2.05, 4.69) is 24.0 Å². The number of piperidine rings is 1. The minimum absolute atomic E-state index is 0.000942. The normalized spacial score (nSPS) is 15.6. The molecule has 1 fully saturated rings. The SMILES string of the molecule is Cc1cc(C)c2nc(N(CCCN(C)C)C(=O)C3CCN(S(=O)(=O)c4ccc(F)cc4)CC3)sc2c1. The lowest BCUT2D eigenvalue weighted by molar-refractivity contribution is -0.123. The van der Waals surface area contributed by atoms with E-state index in [9.17, 15) is 17.6 Å². The van der Waals surface area contributed by atoms with Crippen LogP contribution in [0.1, 0.15) is 30.4 Å².